The van der Waals surface area contributed by atoms with Crippen molar-refractivity contribution in [2.45, 2.75) is 6.43 Å². The summed E-state index contributed by atoms with van der Waals surface area (Å²) in [6.07, 6.45) is -3.06. The fourth-order valence-electron chi connectivity index (χ4n) is 1.04. The maximum absolute atomic E-state index is 12.5. The topological polar surface area (TPSA) is 73.7 Å². The van der Waals surface area contributed by atoms with Crippen LogP contribution in [-0.2, 0) is 0 Å². The highest BCUT2D eigenvalue weighted by atomic mass is 35.5. The van der Waals surface area contributed by atoms with Gasteiger partial charge in [-0.05, 0) is 11.6 Å². The van der Waals surface area contributed by atoms with Crippen LogP contribution < -0.4 is 5.56 Å². The molecule has 0 spiro atoms. The summed E-state index contributed by atoms with van der Waals surface area (Å²) in [5.41, 5.74) is -2.98. The molecule has 0 aromatic carbocycles. The molecule has 1 heterocycles. The maximum atomic E-state index is 12.5. The number of aromatic amines is 1. The zero-order valence-electron chi connectivity index (χ0n) is 7.05. The van der Waals surface area contributed by atoms with Gasteiger partial charge < -0.3 is 4.98 Å². The molecule has 0 saturated heterocycles. The molecule has 0 aliphatic heterocycles. The number of hydrogen-bond acceptors (Lipinski definition) is 3. The molecule has 0 atom stereocenters. The predicted molar refractivity (Wildman–Crippen MR) is 46.9 cm³/mol. The third-order valence-corrected chi connectivity index (χ3v) is 1.81. The molecule has 0 aliphatic carbocycles. The highest BCUT2D eigenvalue weighted by Gasteiger charge is 2.22. The van der Waals surface area contributed by atoms with Crippen molar-refractivity contribution >= 4 is 16.8 Å². The highest BCUT2D eigenvalue weighted by Crippen LogP contribution is 2.25. The summed E-state index contributed by atoms with van der Waals surface area (Å²) in [6, 6.07) is 2.09. The smallest absolute Gasteiger partial charge is 0.269 e. The minimum Gasteiger partial charge on any atom is -0.318 e. The standard InChI is InChI=1S/C8H3ClF2N2O2/c9-7(15)6-5(8(10)11)3(2-12)1-4(14)13-6/h1,8H,(H,13,14). The van der Waals surface area contributed by atoms with Crippen LogP contribution in [0.5, 0.6) is 0 Å². The number of nitriles is 1. The summed E-state index contributed by atoms with van der Waals surface area (Å²) < 4.78 is 25.0. The van der Waals surface area contributed by atoms with Crippen LogP contribution in [0.4, 0.5) is 8.78 Å². The Bertz CT molecular complexity index is 504. The molecule has 4 nitrogen and oxygen atoms in total. The van der Waals surface area contributed by atoms with Crippen molar-refractivity contribution in [3.63, 3.8) is 0 Å². The number of nitrogens with zero attached hydrogens (tertiary/aromatic N) is 1. The molecule has 1 rings (SSSR count). The van der Waals surface area contributed by atoms with Crippen molar-refractivity contribution in [2.24, 2.45) is 0 Å². The number of aromatic nitrogens is 1. The van der Waals surface area contributed by atoms with Crippen LogP contribution in [0, 0.1) is 11.3 Å². The average Bonchev–Trinajstić information content (AvgIpc) is 2.15. The van der Waals surface area contributed by atoms with E-state index in [1.54, 1.807) is 0 Å². The summed E-state index contributed by atoms with van der Waals surface area (Å²) in [5, 5.41) is 7.27. The minimum absolute atomic E-state index is 0.558. The van der Waals surface area contributed by atoms with E-state index in [-0.39, 0.29) is 0 Å². The van der Waals surface area contributed by atoms with E-state index in [0.29, 0.717) is 6.07 Å². The van der Waals surface area contributed by atoms with Crippen LogP contribution in [0.1, 0.15) is 28.0 Å². The molecule has 0 unspecified atom stereocenters. The third-order valence-electron chi connectivity index (χ3n) is 1.62. The maximum Gasteiger partial charge on any atom is 0.269 e. The second-order valence-corrected chi connectivity index (χ2v) is 2.87. The van der Waals surface area contributed by atoms with Gasteiger partial charge in [-0.2, -0.15) is 5.26 Å². The third kappa shape index (κ3) is 2.19. The second kappa shape index (κ2) is 4.19. The van der Waals surface area contributed by atoms with Crippen molar-refractivity contribution in [3.8, 4) is 6.07 Å². The number of nitrogens with one attached hydrogen (secondary N) is 1. The molecule has 0 aliphatic rings. The fraction of sp³-hybridized carbons (Fsp3) is 0.125. The van der Waals surface area contributed by atoms with Gasteiger partial charge in [-0.3, -0.25) is 9.59 Å². The Morgan fingerprint density at radius 3 is 2.60 bits per heavy atom. The lowest BCUT2D eigenvalue weighted by atomic mass is 10.1. The first kappa shape index (κ1) is 11.3. The lowest BCUT2D eigenvalue weighted by Crippen LogP contribution is -2.15. The first-order valence-electron chi connectivity index (χ1n) is 3.62. The van der Waals surface area contributed by atoms with Gasteiger partial charge in [-0.25, -0.2) is 8.78 Å². The Labute approximate surface area is 87.1 Å². The predicted octanol–water partition coefficient (Wildman–Crippen LogP) is 1.56. The van der Waals surface area contributed by atoms with Crippen molar-refractivity contribution in [1.82, 2.24) is 4.98 Å². The summed E-state index contributed by atoms with van der Waals surface area (Å²) in [7, 11) is 0. The van der Waals surface area contributed by atoms with E-state index in [9.17, 15) is 18.4 Å². The Kier molecular flexibility index (Phi) is 3.17. The SMILES string of the molecule is N#Cc1cc(=O)[nH]c(C(=O)Cl)c1C(F)F. The zero-order valence-corrected chi connectivity index (χ0v) is 7.81. The van der Waals surface area contributed by atoms with Crippen LogP contribution in [0.3, 0.4) is 0 Å². The molecular weight excluding hydrogens is 230 g/mol. The number of halogens is 3. The van der Waals surface area contributed by atoms with E-state index in [1.807, 2.05) is 4.98 Å². The molecule has 0 radical (unpaired) electrons. The second-order valence-electron chi connectivity index (χ2n) is 2.52. The number of pyridine rings is 1. The normalized spacial score (nSPS) is 10.1. The summed E-state index contributed by atoms with van der Waals surface area (Å²) in [6.45, 7) is 0. The van der Waals surface area contributed by atoms with Gasteiger partial charge in [0, 0.05) is 6.07 Å². The van der Waals surface area contributed by atoms with Crippen LogP contribution in [0.15, 0.2) is 10.9 Å². The molecule has 1 aromatic rings. The van der Waals surface area contributed by atoms with Gasteiger partial charge in [0.15, 0.2) is 0 Å². The van der Waals surface area contributed by atoms with Gasteiger partial charge in [0.05, 0.1) is 17.2 Å². The van der Waals surface area contributed by atoms with Crippen LogP contribution in [-0.4, -0.2) is 10.2 Å². The van der Waals surface area contributed by atoms with E-state index in [0.717, 1.165) is 0 Å². The van der Waals surface area contributed by atoms with Crippen molar-refractivity contribution in [3.05, 3.63) is 33.2 Å². The Morgan fingerprint density at radius 1 is 1.60 bits per heavy atom. The lowest BCUT2D eigenvalue weighted by Gasteiger charge is -2.05. The number of hydrogen-bond donors (Lipinski definition) is 1. The quantitative estimate of drug-likeness (QED) is 0.787. The number of carbonyl (C=O) groups excluding carboxylic acids is 1. The summed E-state index contributed by atoms with van der Waals surface area (Å²) in [4.78, 5) is 23.5. The van der Waals surface area contributed by atoms with E-state index < -0.39 is 34.0 Å². The summed E-state index contributed by atoms with van der Waals surface area (Å²) in [5.74, 6) is 0. The monoisotopic (exact) mass is 232 g/mol. The van der Waals surface area contributed by atoms with Gasteiger partial charge in [0.25, 0.3) is 11.7 Å². The van der Waals surface area contributed by atoms with Crippen molar-refractivity contribution in [2.75, 3.05) is 0 Å². The molecule has 7 heteroatoms. The van der Waals surface area contributed by atoms with Gasteiger partial charge in [0.1, 0.15) is 5.69 Å². The molecule has 78 valence electrons. The molecule has 0 bridgehead atoms. The van der Waals surface area contributed by atoms with E-state index in [1.165, 1.54) is 6.07 Å². The molecule has 0 fully saturated rings. The molecule has 0 saturated carbocycles. The number of rotatable bonds is 2. The Morgan fingerprint density at radius 2 is 2.20 bits per heavy atom. The van der Waals surface area contributed by atoms with Crippen LogP contribution >= 0.6 is 11.6 Å². The van der Waals surface area contributed by atoms with Crippen molar-refractivity contribution < 1.29 is 13.6 Å². The number of alkyl halides is 2. The Balaban J connectivity index is 3.64. The van der Waals surface area contributed by atoms with Crippen molar-refractivity contribution in [1.29, 1.82) is 5.26 Å². The lowest BCUT2D eigenvalue weighted by molar-refractivity contribution is 0.106. The molecule has 15 heavy (non-hydrogen) atoms. The average molecular weight is 233 g/mol. The van der Waals surface area contributed by atoms with Gasteiger partial charge in [-0.1, -0.05) is 0 Å². The highest BCUT2D eigenvalue weighted by molar-refractivity contribution is 6.67. The molecular formula is C8H3ClF2N2O2. The molecule has 1 aromatic heterocycles. The summed E-state index contributed by atoms with van der Waals surface area (Å²) >= 11 is 5.00. The van der Waals surface area contributed by atoms with Gasteiger partial charge in [0.2, 0.25) is 5.56 Å². The first-order chi connectivity index (χ1) is 6.97. The van der Waals surface area contributed by atoms with E-state index in [2.05, 4.69) is 0 Å². The fourth-order valence-corrected chi connectivity index (χ4v) is 1.19. The molecule has 1 N–H and O–H groups in total. The minimum atomic E-state index is -3.06. The Hall–Kier alpha value is -1.74. The van der Waals surface area contributed by atoms with Gasteiger partial charge >= 0.3 is 0 Å². The number of H-pyrrole nitrogens is 1. The molecule has 0 amide bonds. The van der Waals surface area contributed by atoms with Gasteiger partial charge in [-0.15, -0.1) is 0 Å². The first-order valence-corrected chi connectivity index (χ1v) is 4.00. The largest absolute Gasteiger partial charge is 0.318 e. The zero-order chi connectivity index (χ0) is 11.6. The van der Waals surface area contributed by atoms with E-state index >= 15 is 0 Å². The van der Waals surface area contributed by atoms with Crippen LogP contribution in [0.25, 0.3) is 0 Å². The number of carbonyl (C=O) groups is 1. The van der Waals surface area contributed by atoms with E-state index in [4.69, 9.17) is 16.9 Å². The van der Waals surface area contributed by atoms with Crippen LogP contribution in [0.2, 0.25) is 0 Å².